The van der Waals surface area contributed by atoms with E-state index in [4.69, 9.17) is 0 Å². The van der Waals surface area contributed by atoms with Crippen LogP contribution in [0.5, 0.6) is 0 Å². The molecular formula is C42H44N2O5S. The van der Waals surface area contributed by atoms with Crippen molar-refractivity contribution in [1.82, 2.24) is 0 Å². The Morgan fingerprint density at radius 2 is 1.50 bits per heavy atom. The van der Waals surface area contributed by atoms with Crippen molar-refractivity contribution in [2.45, 2.75) is 57.8 Å². The maximum absolute atomic E-state index is 11.6. The van der Waals surface area contributed by atoms with Crippen LogP contribution in [-0.2, 0) is 25.0 Å². The summed E-state index contributed by atoms with van der Waals surface area (Å²) in [6.45, 7) is 10.3. The minimum absolute atomic E-state index is 0.0593. The van der Waals surface area contributed by atoms with Gasteiger partial charge in [0.1, 0.15) is 6.54 Å². The van der Waals surface area contributed by atoms with Crippen LogP contribution in [0.4, 0.5) is 11.4 Å². The van der Waals surface area contributed by atoms with Gasteiger partial charge in [-0.05, 0) is 65.6 Å². The highest BCUT2D eigenvalue weighted by Crippen LogP contribution is 2.51. The van der Waals surface area contributed by atoms with Gasteiger partial charge in [-0.25, -0.2) is 0 Å². The number of benzene rings is 4. The maximum atomic E-state index is 11.6. The molecule has 0 fully saturated rings. The first-order chi connectivity index (χ1) is 24.2. The number of hydrogen-bond acceptors (Lipinski definition) is 6. The zero-order chi connectivity index (χ0) is 35.3. The minimum atomic E-state index is -0.806. The summed E-state index contributed by atoms with van der Waals surface area (Å²) >= 11 is 1.04. The van der Waals surface area contributed by atoms with Crippen LogP contribution in [0, 0.1) is 0 Å². The van der Waals surface area contributed by atoms with Gasteiger partial charge in [-0.2, -0.15) is 8.91 Å². The quantitative estimate of drug-likeness (QED) is 0.0354. The lowest BCUT2D eigenvalue weighted by Gasteiger charge is -2.26. The lowest BCUT2D eigenvalue weighted by atomic mass is 9.79. The number of unbranched alkanes of at least 4 members (excludes halogenated alkanes) is 1. The highest BCUT2D eigenvalue weighted by Gasteiger charge is 2.45. The van der Waals surface area contributed by atoms with Crippen LogP contribution in [0.1, 0.15) is 58.1 Å². The Morgan fingerprint density at radius 1 is 0.840 bits per heavy atom. The zero-order valence-corrected chi connectivity index (χ0v) is 29.9. The van der Waals surface area contributed by atoms with E-state index in [2.05, 4.69) is 144 Å². The molecule has 0 spiro atoms. The molecule has 0 saturated heterocycles. The zero-order valence-electron chi connectivity index (χ0n) is 29.1. The number of carboxylic acids is 1. The maximum Gasteiger partial charge on any atom is 0.305 e. The van der Waals surface area contributed by atoms with E-state index in [0.717, 1.165) is 42.8 Å². The van der Waals surface area contributed by atoms with Crippen LogP contribution < -0.4 is 10.2 Å². The second-order valence-corrected chi connectivity index (χ2v) is 14.6. The summed E-state index contributed by atoms with van der Waals surface area (Å²) in [5.74, 6) is -0.128. The van der Waals surface area contributed by atoms with Crippen LogP contribution in [-0.4, -0.2) is 40.2 Å². The Morgan fingerprint density at radius 3 is 2.22 bits per heavy atom. The summed E-state index contributed by atoms with van der Waals surface area (Å²) in [5.41, 5.74) is 6.69. The van der Waals surface area contributed by atoms with Crippen LogP contribution in [0.2, 0.25) is 0 Å². The average Bonchev–Trinajstić information content (AvgIpc) is 3.46. The Balaban J connectivity index is 1.24. The molecule has 0 aliphatic carbocycles. The predicted octanol–water partition coefficient (Wildman–Crippen LogP) is 8.85. The minimum Gasteiger partial charge on any atom is -0.691 e. The summed E-state index contributed by atoms with van der Waals surface area (Å²) in [7, 11) is 0. The molecular weight excluding hydrogens is 645 g/mol. The summed E-state index contributed by atoms with van der Waals surface area (Å²) in [6, 6.07) is 25.7. The molecule has 6 rings (SSSR count). The summed E-state index contributed by atoms with van der Waals surface area (Å²) in [5, 5.41) is 28.0. The monoisotopic (exact) mass is 688 g/mol. The summed E-state index contributed by atoms with van der Waals surface area (Å²) < 4.78 is 6.87. The van der Waals surface area contributed by atoms with E-state index in [-0.39, 0.29) is 17.3 Å². The number of anilines is 1. The molecule has 0 amide bonds. The molecule has 0 bridgehead atoms. The first-order valence-corrected chi connectivity index (χ1v) is 18.1. The van der Waals surface area contributed by atoms with Gasteiger partial charge >= 0.3 is 5.97 Å². The van der Waals surface area contributed by atoms with Crippen molar-refractivity contribution in [2.24, 2.45) is 0 Å². The van der Waals surface area contributed by atoms with Gasteiger partial charge in [-0.3, -0.25) is 9.83 Å². The normalized spacial score (nSPS) is 17.4. The van der Waals surface area contributed by atoms with Gasteiger partial charge in [0.2, 0.25) is 5.69 Å². The van der Waals surface area contributed by atoms with E-state index in [1.807, 2.05) is 18.2 Å². The number of carboxylic acid groups (broad SMARTS) is 1. The van der Waals surface area contributed by atoms with E-state index in [1.54, 1.807) is 0 Å². The fraction of sp³-hybridized carbons (Fsp3) is 0.286. The molecule has 2 heterocycles. The highest BCUT2D eigenvalue weighted by molar-refractivity contribution is 7.94. The second-order valence-electron chi connectivity index (χ2n) is 13.8. The lowest BCUT2D eigenvalue weighted by Crippen LogP contribution is -2.28. The van der Waals surface area contributed by atoms with Gasteiger partial charge in [-0.15, -0.1) is 0 Å². The molecule has 2 aliphatic rings. The average molecular weight is 689 g/mol. The number of carbonyl (C=O) groups is 1. The first-order valence-electron chi connectivity index (χ1n) is 17.2. The van der Waals surface area contributed by atoms with Crippen LogP contribution in [0.15, 0.2) is 121 Å². The Kier molecular flexibility index (Phi) is 10.7. The van der Waals surface area contributed by atoms with Gasteiger partial charge in [0, 0.05) is 65.3 Å². The molecule has 0 atom stereocenters. The number of rotatable bonds is 14. The molecule has 1 N–H and O–H groups in total. The summed E-state index contributed by atoms with van der Waals surface area (Å²) in [6.07, 6.45) is 16.5. The molecule has 7 nitrogen and oxygen atoms in total. The van der Waals surface area contributed by atoms with Crippen molar-refractivity contribution in [1.29, 1.82) is 0 Å². The molecule has 258 valence electrons. The van der Waals surface area contributed by atoms with Crippen molar-refractivity contribution >= 4 is 56.6 Å². The van der Waals surface area contributed by atoms with Crippen molar-refractivity contribution in [3.63, 3.8) is 0 Å². The summed E-state index contributed by atoms with van der Waals surface area (Å²) in [4.78, 5) is 13.8. The van der Waals surface area contributed by atoms with Crippen LogP contribution in [0.25, 0.3) is 21.5 Å². The van der Waals surface area contributed by atoms with E-state index in [1.165, 1.54) is 44.1 Å². The topological polar surface area (TPSA) is 85.1 Å². The number of fused-ring (bicyclic) bond motifs is 6. The van der Waals surface area contributed by atoms with Gasteiger partial charge in [0.05, 0.1) is 11.8 Å². The molecule has 0 unspecified atom stereocenters. The SMILES string of the molecule is CC1(C)C(/C=C/C=C/C=C/C=C2/N(CCC(=O)O)c3ccc4ccccc4c3C2(C)C)=[N+](CCCCSOO[O-])c2ccc3ccccc3c21. The van der Waals surface area contributed by atoms with Crippen molar-refractivity contribution in [3.05, 3.63) is 132 Å². The third-order valence-corrected chi connectivity index (χ3v) is 10.6. The molecule has 0 saturated carbocycles. The molecule has 0 radical (unpaired) electrons. The third kappa shape index (κ3) is 6.94. The second kappa shape index (κ2) is 15.2. The van der Waals surface area contributed by atoms with Crippen molar-refractivity contribution in [2.75, 3.05) is 23.7 Å². The van der Waals surface area contributed by atoms with Crippen molar-refractivity contribution in [3.8, 4) is 0 Å². The van der Waals surface area contributed by atoms with E-state index < -0.39 is 5.97 Å². The number of allylic oxidation sites excluding steroid dienone is 8. The van der Waals surface area contributed by atoms with Crippen LogP contribution in [0.3, 0.4) is 0 Å². The van der Waals surface area contributed by atoms with Crippen LogP contribution >= 0.6 is 12.0 Å². The number of nitrogens with zero attached hydrogens (tertiary/aromatic N) is 2. The molecule has 2 aliphatic heterocycles. The molecule has 50 heavy (non-hydrogen) atoms. The lowest BCUT2D eigenvalue weighted by molar-refractivity contribution is -0.777. The Bertz CT molecular complexity index is 2060. The van der Waals surface area contributed by atoms with Crippen molar-refractivity contribution < 1.29 is 29.1 Å². The molecule has 0 aromatic heterocycles. The third-order valence-electron chi connectivity index (χ3n) is 9.95. The highest BCUT2D eigenvalue weighted by atomic mass is 32.2. The fourth-order valence-corrected chi connectivity index (χ4v) is 8.16. The number of aliphatic carboxylic acids is 1. The largest absolute Gasteiger partial charge is 0.691 e. The van der Waals surface area contributed by atoms with E-state index in [0.29, 0.717) is 12.3 Å². The molecule has 4 aromatic rings. The van der Waals surface area contributed by atoms with E-state index in [9.17, 15) is 15.2 Å². The molecule has 8 heteroatoms. The van der Waals surface area contributed by atoms with Gasteiger partial charge in [0.15, 0.2) is 5.71 Å². The van der Waals surface area contributed by atoms with Gasteiger partial charge in [-0.1, -0.05) is 98.8 Å². The number of hydrogen-bond donors (Lipinski definition) is 1. The van der Waals surface area contributed by atoms with Gasteiger partial charge in [0.25, 0.3) is 0 Å². The Labute approximate surface area is 298 Å². The van der Waals surface area contributed by atoms with E-state index >= 15 is 0 Å². The fourth-order valence-electron chi connectivity index (χ4n) is 7.73. The molecule has 4 aromatic carbocycles. The predicted molar refractivity (Wildman–Crippen MR) is 203 cm³/mol. The smallest absolute Gasteiger partial charge is 0.305 e. The van der Waals surface area contributed by atoms with Gasteiger partial charge < -0.3 is 15.3 Å². The standard InChI is InChI=1S/C42H44N2O5S/c1-41(2)36(43(27-14-15-29-50-49-48-47)34-24-22-30-16-10-12-18-32(30)39(34)41)20-8-6-5-7-9-21-37-42(3,4)40-33-19-13-11-17-31(33)23-25-35(40)44(37)28-26-38(45)46/h5-13,16-25H,14-15,26-29H2,1-4H3,(H-,45,46,47). The first kappa shape index (κ1) is 35.4. The Hall–Kier alpha value is -4.47.